The number of esters is 1. The van der Waals surface area contributed by atoms with Gasteiger partial charge in [0.25, 0.3) is 5.91 Å². The molecule has 0 fully saturated rings. The van der Waals surface area contributed by atoms with E-state index in [0.717, 1.165) is 5.39 Å². The molecule has 0 saturated heterocycles. The molecule has 0 saturated carbocycles. The molecular weight excluding hydrogens is 438 g/mol. The molecule has 0 bridgehead atoms. The first-order chi connectivity index (χ1) is 15.5. The number of ether oxygens (including phenoxy) is 4. The Hall–Kier alpha value is -3.85. The van der Waals surface area contributed by atoms with Crippen LogP contribution in [0.1, 0.15) is 5.56 Å². The quantitative estimate of drug-likeness (QED) is 0.299. The molecule has 0 unspecified atom stereocenters. The number of pyridine rings is 1. The van der Waals surface area contributed by atoms with Gasteiger partial charge in [0.05, 0.1) is 25.5 Å². The summed E-state index contributed by atoms with van der Waals surface area (Å²) in [6.07, 6.45) is 3.04. The second-order valence-corrected chi connectivity index (χ2v) is 6.72. The minimum atomic E-state index is -0.557. The Kier molecular flexibility index (Phi) is 7.82. The van der Waals surface area contributed by atoms with E-state index >= 15 is 0 Å². The van der Waals surface area contributed by atoms with Crippen LogP contribution in [0.25, 0.3) is 10.9 Å². The monoisotopic (exact) mass is 457 g/mol. The van der Waals surface area contributed by atoms with Crippen molar-refractivity contribution in [1.29, 1.82) is 0 Å². The van der Waals surface area contributed by atoms with E-state index in [4.69, 9.17) is 25.8 Å². The van der Waals surface area contributed by atoms with E-state index in [1.54, 1.807) is 24.4 Å². The molecular formula is C22H20ClN3O6. The molecule has 0 aliphatic carbocycles. The van der Waals surface area contributed by atoms with E-state index < -0.39 is 11.9 Å². The van der Waals surface area contributed by atoms with Gasteiger partial charge >= 0.3 is 5.97 Å². The fraction of sp³-hybridized carbons (Fsp3) is 0.182. The number of rotatable bonds is 9. The highest BCUT2D eigenvalue weighted by Crippen LogP contribution is 2.36. The van der Waals surface area contributed by atoms with Gasteiger partial charge in [-0.3, -0.25) is 9.78 Å². The number of fused-ring (bicyclic) bond motifs is 1. The van der Waals surface area contributed by atoms with Crippen LogP contribution >= 0.6 is 11.6 Å². The molecule has 9 nitrogen and oxygen atoms in total. The summed E-state index contributed by atoms with van der Waals surface area (Å²) in [5, 5.41) is 5.01. The summed E-state index contributed by atoms with van der Waals surface area (Å²) < 4.78 is 20.7. The Morgan fingerprint density at radius 3 is 2.69 bits per heavy atom. The number of amides is 1. The van der Waals surface area contributed by atoms with Crippen molar-refractivity contribution in [1.82, 2.24) is 10.4 Å². The summed E-state index contributed by atoms with van der Waals surface area (Å²) >= 11 is 6.21. The van der Waals surface area contributed by atoms with Gasteiger partial charge in [0.15, 0.2) is 24.7 Å². The number of nitrogens with one attached hydrogen (secondary N) is 1. The SMILES string of the molecule is COC(=O)COc1c(Cl)cc(/C=N/NC(=O)COc2cccc3cccnc23)cc1OC. The Labute approximate surface area is 188 Å². The van der Waals surface area contributed by atoms with Crippen LogP contribution in [0.3, 0.4) is 0 Å². The highest BCUT2D eigenvalue weighted by atomic mass is 35.5. The van der Waals surface area contributed by atoms with Crippen molar-refractivity contribution in [3.8, 4) is 17.2 Å². The maximum absolute atomic E-state index is 12.1. The van der Waals surface area contributed by atoms with Crippen molar-refractivity contribution in [3.63, 3.8) is 0 Å². The van der Waals surface area contributed by atoms with Crippen LogP contribution in [0.15, 0.2) is 53.8 Å². The van der Waals surface area contributed by atoms with Gasteiger partial charge < -0.3 is 18.9 Å². The molecule has 2 aromatic carbocycles. The van der Waals surface area contributed by atoms with Crippen molar-refractivity contribution in [3.05, 3.63) is 59.2 Å². The zero-order chi connectivity index (χ0) is 22.9. The number of methoxy groups -OCH3 is 2. The summed E-state index contributed by atoms with van der Waals surface area (Å²) in [7, 11) is 2.68. The first-order valence-electron chi connectivity index (χ1n) is 9.37. The van der Waals surface area contributed by atoms with Crippen LogP contribution < -0.4 is 19.6 Å². The molecule has 10 heteroatoms. The number of para-hydroxylation sites is 1. The van der Waals surface area contributed by atoms with E-state index in [0.29, 0.717) is 22.6 Å². The lowest BCUT2D eigenvalue weighted by molar-refractivity contribution is -0.142. The first kappa shape index (κ1) is 22.8. The van der Waals surface area contributed by atoms with Gasteiger partial charge in [0, 0.05) is 11.6 Å². The number of hydrazone groups is 1. The number of halogens is 1. The second-order valence-electron chi connectivity index (χ2n) is 6.31. The molecule has 3 aromatic rings. The number of nitrogens with zero attached hydrogens (tertiary/aromatic N) is 2. The van der Waals surface area contributed by atoms with E-state index in [2.05, 4.69) is 20.2 Å². The largest absolute Gasteiger partial charge is 0.493 e. The van der Waals surface area contributed by atoms with Crippen molar-refractivity contribution in [2.45, 2.75) is 0 Å². The van der Waals surface area contributed by atoms with Crippen LogP contribution in [0.4, 0.5) is 0 Å². The molecule has 166 valence electrons. The number of aromatic nitrogens is 1. The normalized spacial score (nSPS) is 10.7. The minimum absolute atomic E-state index is 0.192. The lowest BCUT2D eigenvalue weighted by Gasteiger charge is -2.12. The third-order valence-corrected chi connectivity index (χ3v) is 4.45. The fourth-order valence-corrected chi connectivity index (χ4v) is 2.97. The summed E-state index contributed by atoms with van der Waals surface area (Å²) in [6.45, 7) is -0.556. The number of carbonyl (C=O) groups is 2. The molecule has 1 aromatic heterocycles. The topological polar surface area (TPSA) is 108 Å². The van der Waals surface area contributed by atoms with E-state index in [1.165, 1.54) is 20.4 Å². The van der Waals surface area contributed by atoms with Crippen LogP contribution in [0.2, 0.25) is 5.02 Å². The molecule has 0 aliphatic heterocycles. The van der Waals surface area contributed by atoms with Gasteiger partial charge in [-0.15, -0.1) is 0 Å². The molecule has 0 aliphatic rings. The summed E-state index contributed by atoms with van der Waals surface area (Å²) in [4.78, 5) is 27.6. The number of hydrogen-bond acceptors (Lipinski definition) is 8. The summed E-state index contributed by atoms with van der Waals surface area (Å²) in [5.74, 6) is -0.0247. The first-order valence-corrected chi connectivity index (χ1v) is 9.75. The smallest absolute Gasteiger partial charge is 0.343 e. The summed E-state index contributed by atoms with van der Waals surface area (Å²) in [5.41, 5.74) is 3.59. The molecule has 3 rings (SSSR count). The lowest BCUT2D eigenvalue weighted by Crippen LogP contribution is -2.24. The standard InChI is InChI=1S/C22H20ClN3O6/c1-29-18-10-14(9-16(23)22(18)32-13-20(28)30-2)11-25-26-19(27)12-31-17-7-3-5-15-6-4-8-24-21(15)17/h3-11H,12-13H2,1-2H3,(H,26,27)/b25-11+. The van der Waals surface area contributed by atoms with Crippen LogP contribution in [0, 0.1) is 0 Å². The molecule has 1 amide bonds. The summed E-state index contributed by atoms with van der Waals surface area (Å²) in [6, 6.07) is 12.3. The molecule has 0 radical (unpaired) electrons. The van der Waals surface area contributed by atoms with Gasteiger partial charge in [-0.25, -0.2) is 10.2 Å². The molecule has 0 atom stereocenters. The average molecular weight is 458 g/mol. The molecule has 1 N–H and O–H groups in total. The fourth-order valence-electron chi connectivity index (χ4n) is 2.69. The Balaban J connectivity index is 1.59. The van der Waals surface area contributed by atoms with Gasteiger partial charge in [0.1, 0.15) is 11.3 Å². The number of hydrogen-bond donors (Lipinski definition) is 1. The Morgan fingerprint density at radius 2 is 1.91 bits per heavy atom. The van der Waals surface area contributed by atoms with Crippen molar-refractivity contribution in [2.75, 3.05) is 27.4 Å². The maximum Gasteiger partial charge on any atom is 0.343 e. The molecule has 0 spiro atoms. The highest BCUT2D eigenvalue weighted by Gasteiger charge is 2.14. The Bertz CT molecular complexity index is 1150. The van der Waals surface area contributed by atoms with Crippen LogP contribution in [-0.4, -0.2) is 50.5 Å². The van der Waals surface area contributed by atoms with Crippen molar-refractivity contribution in [2.24, 2.45) is 5.10 Å². The predicted molar refractivity (Wildman–Crippen MR) is 118 cm³/mol. The minimum Gasteiger partial charge on any atom is -0.493 e. The van der Waals surface area contributed by atoms with Gasteiger partial charge in [-0.2, -0.15) is 5.10 Å². The van der Waals surface area contributed by atoms with Gasteiger partial charge in [0.2, 0.25) is 0 Å². The third kappa shape index (κ3) is 5.86. The number of carbonyl (C=O) groups excluding carboxylic acids is 2. The van der Waals surface area contributed by atoms with Crippen LogP contribution in [0.5, 0.6) is 17.2 Å². The predicted octanol–water partition coefficient (Wildman–Crippen LogP) is 2.98. The zero-order valence-electron chi connectivity index (χ0n) is 17.3. The van der Waals surface area contributed by atoms with Crippen LogP contribution in [-0.2, 0) is 14.3 Å². The average Bonchev–Trinajstić information content (AvgIpc) is 2.81. The van der Waals surface area contributed by atoms with Gasteiger partial charge in [-0.1, -0.05) is 29.8 Å². The second kappa shape index (κ2) is 11.0. The maximum atomic E-state index is 12.1. The molecule has 32 heavy (non-hydrogen) atoms. The van der Waals surface area contributed by atoms with Crippen molar-refractivity contribution >= 4 is 40.6 Å². The van der Waals surface area contributed by atoms with E-state index in [9.17, 15) is 9.59 Å². The number of benzene rings is 2. The highest BCUT2D eigenvalue weighted by molar-refractivity contribution is 6.32. The third-order valence-electron chi connectivity index (χ3n) is 4.17. The van der Waals surface area contributed by atoms with E-state index in [-0.39, 0.29) is 24.0 Å². The Morgan fingerprint density at radius 1 is 1.09 bits per heavy atom. The van der Waals surface area contributed by atoms with E-state index in [1.807, 2.05) is 24.3 Å². The van der Waals surface area contributed by atoms with Gasteiger partial charge in [-0.05, 0) is 29.8 Å². The molecule has 1 heterocycles. The lowest BCUT2D eigenvalue weighted by atomic mass is 10.2. The van der Waals surface area contributed by atoms with Crippen molar-refractivity contribution < 1.29 is 28.5 Å². The zero-order valence-corrected chi connectivity index (χ0v) is 18.1.